The molecule has 164 valence electrons. The van der Waals surface area contributed by atoms with Crippen LogP contribution in [0, 0.1) is 25.7 Å². The number of aliphatic carboxylic acids is 1. The number of carbonyl (C=O) groups is 3. The van der Waals surface area contributed by atoms with Crippen molar-refractivity contribution in [3.63, 3.8) is 0 Å². The van der Waals surface area contributed by atoms with Crippen molar-refractivity contribution >= 4 is 34.2 Å². The van der Waals surface area contributed by atoms with Crippen molar-refractivity contribution in [2.75, 3.05) is 11.9 Å². The van der Waals surface area contributed by atoms with Crippen LogP contribution < -0.4 is 5.32 Å². The maximum absolute atomic E-state index is 13.2. The van der Waals surface area contributed by atoms with Gasteiger partial charge in [-0.25, -0.2) is 4.79 Å². The number of rotatable bonds is 6. The van der Waals surface area contributed by atoms with Crippen molar-refractivity contribution in [1.82, 2.24) is 0 Å². The van der Waals surface area contributed by atoms with Crippen molar-refractivity contribution in [2.45, 2.75) is 45.8 Å². The second kappa shape index (κ2) is 8.43. The quantitative estimate of drug-likeness (QED) is 0.654. The Hall–Kier alpha value is -2.71. The first-order valence-electron chi connectivity index (χ1n) is 10.4. The zero-order valence-electron chi connectivity index (χ0n) is 17.6. The lowest BCUT2D eigenvalue weighted by molar-refractivity contribution is -0.147. The number of carbonyl (C=O) groups excluding carboxylic acids is 2. The molecule has 2 N–H and O–H groups in total. The van der Waals surface area contributed by atoms with Crippen LogP contribution in [0.3, 0.4) is 0 Å². The summed E-state index contributed by atoms with van der Waals surface area (Å²) in [6.07, 6.45) is 0.468. The lowest BCUT2D eigenvalue weighted by atomic mass is 9.78. The van der Waals surface area contributed by atoms with Crippen molar-refractivity contribution in [2.24, 2.45) is 11.8 Å². The van der Waals surface area contributed by atoms with Crippen LogP contribution in [0.1, 0.15) is 40.6 Å². The number of fused-ring (bicyclic) bond motifs is 2. The molecule has 7 nitrogen and oxygen atoms in total. The van der Waals surface area contributed by atoms with Crippen LogP contribution in [-0.4, -0.2) is 41.8 Å². The van der Waals surface area contributed by atoms with E-state index < -0.39 is 41.9 Å². The highest BCUT2D eigenvalue weighted by Crippen LogP contribution is 2.45. The smallest absolute Gasteiger partial charge is 0.341 e. The molecular formula is C23H25NO6S. The summed E-state index contributed by atoms with van der Waals surface area (Å²) in [6, 6.07) is 7.79. The lowest BCUT2D eigenvalue weighted by Crippen LogP contribution is -2.41. The van der Waals surface area contributed by atoms with Gasteiger partial charge in [-0.3, -0.25) is 9.59 Å². The van der Waals surface area contributed by atoms with Crippen molar-refractivity contribution in [1.29, 1.82) is 0 Å². The Labute approximate surface area is 184 Å². The SMILES string of the molecule is CCOC(=O)c1c(NC(=O)[C@@H]2[C@@H](C(=O)O)[C@H]3CC[C@@H]2O3)sc(C)c1-c1ccc(C)cc1. The average Bonchev–Trinajstić information content (AvgIpc) is 3.41. The number of nitrogens with one attached hydrogen (secondary N) is 1. The highest BCUT2D eigenvalue weighted by atomic mass is 32.1. The van der Waals surface area contributed by atoms with Gasteiger partial charge in [0.25, 0.3) is 0 Å². The molecule has 0 aliphatic carbocycles. The van der Waals surface area contributed by atoms with Crippen LogP contribution in [0.4, 0.5) is 5.00 Å². The van der Waals surface area contributed by atoms with E-state index in [2.05, 4.69) is 5.32 Å². The predicted octanol–water partition coefficient (Wildman–Crippen LogP) is 4.03. The van der Waals surface area contributed by atoms with Gasteiger partial charge in [-0.15, -0.1) is 11.3 Å². The first kappa shape index (κ1) is 21.5. The molecule has 1 amide bonds. The third-order valence-electron chi connectivity index (χ3n) is 6.00. The number of esters is 1. The van der Waals surface area contributed by atoms with Gasteiger partial charge in [0.05, 0.1) is 30.7 Å². The summed E-state index contributed by atoms with van der Waals surface area (Å²) in [4.78, 5) is 38.6. The zero-order valence-corrected chi connectivity index (χ0v) is 18.5. The first-order valence-corrected chi connectivity index (χ1v) is 11.2. The fourth-order valence-electron chi connectivity index (χ4n) is 4.62. The summed E-state index contributed by atoms with van der Waals surface area (Å²) < 4.78 is 11.0. The van der Waals surface area contributed by atoms with Crippen LogP contribution in [0.2, 0.25) is 0 Å². The highest BCUT2D eigenvalue weighted by Gasteiger charge is 2.55. The number of hydrogen-bond acceptors (Lipinski definition) is 6. The lowest BCUT2D eigenvalue weighted by Gasteiger charge is -2.23. The second-order valence-corrected chi connectivity index (χ2v) is 9.22. The van der Waals surface area contributed by atoms with Gasteiger partial charge in [0.15, 0.2) is 0 Å². The van der Waals surface area contributed by atoms with Gasteiger partial charge in [-0.05, 0) is 39.2 Å². The number of aryl methyl sites for hydroxylation is 2. The van der Waals surface area contributed by atoms with Gasteiger partial charge in [-0.2, -0.15) is 0 Å². The van der Waals surface area contributed by atoms with Crippen LogP contribution in [0.5, 0.6) is 0 Å². The van der Waals surface area contributed by atoms with Gasteiger partial charge in [0, 0.05) is 10.4 Å². The van der Waals surface area contributed by atoms with Crippen molar-refractivity contribution < 1.29 is 29.0 Å². The highest BCUT2D eigenvalue weighted by molar-refractivity contribution is 7.17. The molecule has 2 aliphatic heterocycles. The van der Waals surface area contributed by atoms with Crippen LogP contribution in [0.25, 0.3) is 11.1 Å². The summed E-state index contributed by atoms with van der Waals surface area (Å²) in [5.74, 6) is -3.63. The third-order valence-corrected chi connectivity index (χ3v) is 7.02. The van der Waals surface area contributed by atoms with Gasteiger partial charge >= 0.3 is 11.9 Å². The Bertz CT molecular complexity index is 1030. The van der Waals surface area contributed by atoms with Crippen LogP contribution in [-0.2, 0) is 19.1 Å². The molecule has 0 saturated carbocycles. The number of amides is 1. The Morgan fingerprint density at radius 1 is 1.13 bits per heavy atom. The summed E-state index contributed by atoms with van der Waals surface area (Å²) in [6.45, 7) is 5.80. The Kier molecular flexibility index (Phi) is 5.85. The summed E-state index contributed by atoms with van der Waals surface area (Å²) >= 11 is 1.29. The maximum Gasteiger partial charge on any atom is 0.341 e. The maximum atomic E-state index is 13.2. The van der Waals surface area contributed by atoms with Gasteiger partial charge < -0.3 is 19.9 Å². The molecule has 1 aromatic carbocycles. The topological polar surface area (TPSA) is 102 Å². The molecule has 2 aliphatic rings. The molecule has 4 atom stereocenters. The second-order valence-electron chi connectivity index (χ2n) is 7.99. The molecule has 31 heavy (non-hydrogen) atoms. The van der Waals surface area contributed by atoms with E-state index in [4.69, 9.17) is 9.47 Å². The monoisotopic (exact) mass is 443 g/mol. The molecule has 4 rings (SSSR count). The number of carboxylic acids is 1. The van der Waals surface area contributed by atoms with E-state index in [0.29, 0.717) is 23.4 Å². The van der Waals surface area contributed by atoms with E-state index >= 15 is 0 Å². The Balaban J connectivity index is 1.70. The Morgan fingerprint density at radius 3 is 2.39 bits per heavy atom. The standard InChI is InChI=1S/C23H25NO6S/c1-4-29-23(28)19-16(13-7-5-11(2)6-8-13)12(3)31-21(19)24-20(25)17-14-9-10-15(30-14)18(17)22(26)27/h5-8,14-15,17-18H,4,9-10H2,1-3H3,(H,24,25)(H,26,27)/t14-,15+,17-,18-/m0/s1. The van der Waals surface area contributed by atoms with E-state index in [1.165, 1.54) is 11.3 Å². The van der Waals surface area contributed by atoms with E-state index in [1.54, 1.807) is 6.92 Å². The van der Waals surface area contributed by atoms with E-state index in [0.717, 1.165) is 21.6 Å². The minimum Gasteiger partial charge on any atom is -0.481 e. The van der Waals surface area contributed by atoms with Gasteiger partial charge in [0.1, 0.15) is 10.6 Å². The number of benzene rings is 1. The molecule has 2 saturated heterocycles. The molecule has 0 spiro atoms. The molecule has 2 fully saturated rings. The molecular weight excluding hydrogens is 418 g/mol. The normalized spacial score (nSPS) is 24.2. The third kappa shape index (κ3) is 3.85. The average molecular weight is 444 g/mol. The van der Waals surface area contributed by atoms with Crippen molar-refractivity contribution in [3.05, 3.63) is 40.3 Å². The first-order chi connectivity index (χ1) is 14.8. The molecule has 2 aromatic rings. The summed E-state index contributed by atoms with van der Waals surface area (Å²) in [5, 5.41) is 12.8. The predicted molar refractivity (Wildman–Crippen MR) is 116 cm³/mol. The molecule has 8 heteroatoms. The molecule has 2 bridgehead atoms. The minimum atomic E-state index is -1.03. The van der Waals surface area contributed by atoms with E-state index in [-0.39, 0.29) is 6.61 Å². The van der Waals surface area contributed by atoms with Crippen LogP contribution in [0.15, 0.2) is 24.3 Å². The van der Waals surface area contributed by atoms with E-state index in [9.17, 15) is 19.5 Å². The number of ether oxygens (including phenoxy) is 2. The molecule has 3 heterocycles. The molecule has 1 aromatic heterocycles. The van der Waals surface area contributed by atoms with E-state index in [1.807, 2.05) is 38.1 Å². The Morgan fingerprint density at radius 2 is 1.77 bits per heavy atom. The fourth-order valence-corrected chi connectivity index (χ4v) is 5.69. The summed E-state index contributed by atoms with van der Waals surface area (Å²) in [7, 11) is 0. The van der Waals surface area contributed by atoms with Gasteiger partial charge in [0.2, 0.25) is 5.91 Å². The number of thiophene rings is 1. The van der Waals surface area contributed by atoms with Gasteiger partial charge in [-0.1, -0.05) is 29.8 Å². The zero-order chi connectivity index (χ0) is 22.3. The number of anilines is 1. The van der Waals surface area contributed by atoms with Crippen LogP contribution >= 0.6 is 11.3 Å². The molecule has 0 unspecified atom stereocenters. The minimum absolute atomic E-state index is 0.204. The fraction of sp³-hybridized carbons (Fsp3) is 0.435. The number of carboxylic acid groups (broad SMARTS) is 1. The van der Waals surface area contributed by atoms with Crippen molar-refractivity contribution in [3.8, 4) is 11.1 Å². The molecule has 0 radical (unpaired) electrons. The number of hydrogen-bond donors (Lipinski definition) is 2. The largest absolute Gasteiger partial charge is 0.481 e. The summed E-state index contributed by atoms with van der Waals surface area (Å²) in [5.41, 5.74) is 2.98.